The van der Waals surface area contributed by atoms with Gasteiger partial charge in [-0.05, 0) is 18.2 Å². The van der Waals surface area contributed by atoms with Crippen LogP contribution in [0.5, 0.6) is 5.75 Å². The van der Waals surface area contributed by atoms with Gasteiger partial charge in [0.05, 0.1) is 24.7 Å². The predicted molar refractivity (Wildman–Crippen MR) is 77.8 cm³/mol. The van der Waals surface area contributed by atoms with Crippen LogP contribution in [-0.4, -0.2) is 22.1 Å². The van der Waals surface area contributed by atoms with Gasteiger partial charge in [-0.1, -0.05) is 35.5 Å². The zero-order chi connectivity index (χ0) is 13.9. The Morgan fingerprint density at radius 2 is 1.90 bits per heavy atom. The summed E-state index contributed by atoms with van der Waals surface area (Å²) in [6, 6.07) is 15.4. The second kappa shape index (κ2) is 5.05. The van der Waals surface area contributed by atoms with Gasteiger partial charge < -0.3 is 10.5 Å². The molecule has 1 heterocycles. The Bertz CT molecular complexity index is 722. The summed E-state index contributed by atoms with van der Waals surface area (Å²) >= 11 is 0. The average Bonchev–Trinajstić information content (AvgIpc) is 2.98. The highest BCUT2D eigenvalue weighted by atomic mass is 16.5. The number of hydrogen-bond acceptors (Lipinski definition) is 4. The van der Waals surface area contributed by atoms with Gasteiger partial charge in [0.25, 0.3) is 0 Å². The number of nitrogens with zero attached hydrogens (tertiary/aromatic N) is 3. The summed E-state index contributed by atoms with van der Waals surface area (Å²) < 4.78 is 6.83. The molecular weight excluding hydrogens is 252 g/mol. The van der Waals surface area contributed by atoms with Crippen LogP contribution >= 0.6 is 0 Å². The van der Waals surface area contributed by atoms with Crippen LogP contribution in [-0.2, 0) is 0 Å². The first kappa shape index (κ1) is 12.2. The first-order chi connectivity index (χ1) is 9.78. The van der Waals surface area contributed by atoms with E-state index in [4.69, 9.17) is 10.5 Å². The number of rotatable bonds is 3. The van der Waals surface area contributed by atoms with Gasteiger partial charge in [0.2, 0.25) is 0 Å². The summed E-state index contributed by atoms with van der Waals surface area (Å²) in [5.74, 6) is 0.650. The van der Waals surface area contributed by atoms with E-state index in [1.807, 2.05) is 54.7 Å². The van der Waals surface area contributed by atoms with Crippen molar-refractivity contribution in [2.45, 2.75) is 0 Å². The molecular formula is C15H14N4O. The van der Waals surface area contributed by atoms with Crippen LogP contribution in [0, 0.1) is 0 Å². The lowest BCUT2D eigenvalue weighted by Crippen LogP contribution is -1.98. The van der Waals surface area contributed by atoms with Gasteiger partial charge in [0.1, 0.15) is 11.4 Å². The molecule has 3 aromatic rings. The number of ether oxygens (including phenoxy) is 1. The number of anilines is 1. The topological polar surface area (TPSA) is 66.0 Å². The molecule has 0 saturated carbocycles. The highest BCUT2D eigenvalue weighted by molar-refractivity contribution is 5.60. The largest absolute Gasteiger partial charge is 0.495 e. The fourth-order valence-corrected chi connectivity index (χ4v) is 2.00. The molecule has 0 spiro atoms. The quantitative estimate of drug-likeness (QED) is 0.740. The number of benzene rings is 2. The molecule has 0 amide bonds. The summed E-state index contributed by atoms with van der Waals surface area (Å²) in [6.45, 7) is 0. The molecule has 0 bridgehead atoms. The van der Waals surface area contributed by atoms with E-state index in [0.29, 0.717) is 11.4 Å². The first-order valence-electron chi connectivity index (χ1n) is 6.19. The maximum atomic E-state index is 5.90. The van der Waals surface area contributed by atoms with E-state index < -0.39 is 0 Å². The summed E-state index contributed by atoms with van der Waals surface area (Å²) in [5, 5.41) is 8.31. The van der Waals surface area contributed by atoms with Gasteiger partial charge in [-0.3, -0.25) is 0 Å². The fraction of sp³-hybridized carbons (Fsp3) is 0.0667. The minimum atomic E-state index is 0.571. The number of aromatic nitrogens is 3. The molecule has 0 saturated heterocycles. The molecule has 2 N–H and O–H groups in total. The minimum Gasteiger partial charge on any atom is -0.495 e. The van der Waals surface area contributed by atoms with E-state index in [2.05, 4.69) is 10.3 Å². The Hall–Kier alpha value is -2.82. The van der Waals surface area contributed by atoms with Crippen molar-refractivity contribution in [2.24, 2.45) is 0 Å². The van der Waals surface area contributed by atoms with Crippen molar-refractivity contribution >= 4 is 5.69 Å². The second-order valence-corrected chi connectivity index (χ2v) is 4.34. The highest BCUT2D eigenvalue weighted by Gasteiger charge is 2.07. The van der Waals surface area contributed by atoms with E-state index >= 15 is 0 Å². The first-order valence-corrected chi connectivity index (χ1v) is 6.19. The number of nitrogens with two attached hydrogens (primary N) is 1. The lowest BCUT2D eigenvalue weighted by Gasteiger charge is -2.06. The van der Waals surface area contributed by atoms with Gasteiger partial charge >= 0.3 is 0 Å². The standard InChI is InChI=1S/C15H14N4O/c1-20-15-8-7-12(9-13(15)16)19-10-14(17-18-19)11-5-3-2-4-6-11/h2-10H,16H2,1H3. The lowest BCUT2D eigenvalue weighted by molar-refractivity contribution is 0.417. The maximum absolute atomic E-state index is 5.90. The van der Waals surface area contributed by atoms with E-state index in [1.54, 1.807) is 11.8 Å². The van der Waals surface area contributed by atoms with Crippen LogP contribution in [0.15, 0.2) is 54.7 Å². The molecule has 5 heteroatoms. The number of nitrogen functional groups attached to an aromatic ring is 1. The summed E-state index contributed by atoms with van der Waals surface area (Å²) in [5.41, 5.74) is 9.16. The van der Waals surface area contributed by atoms with Gasteiger partial charge in [-0.2, -0.15) is 0 Å². The molecule has 0 fully saturated rings. The van der Waals surface area contributed by atoms with Gasteiger partial charge in [0, 0.05) is 5.56 Å². The zero-order valence-electron chi connectivity index (χ0n) is 11.0. The SMILES string of the molecule is COc1ccc(-n2cc(-c3ccccc3)nn2)cc1N. The monoisotopic (exact) mass is 266 g/mol. The molecule has 0 aliphatic heterocycles. The molecule has 0 aliphatic rings. The molecule has 0 radical (unpaired) electrons. The average molecular weight is 266 g/mol. The van der Waals surface area contributed by atoms with Crippen LogP contribution in [0.4, 0.5) is 5.69 Å². The summed E-state index contributed by atoms with van der Waals surface area (Å²) in [4.78, 5) is 0. The Morgan fingerprint density at radius 1 is 1.10 bits per heavy atom. The molecule has 0 atom stereocenters. The van der Waals surface area contributed by atoms with Crippen molar-refractivity contribution in [3.8, 4) is 22.7 Å². The minimum absolute atomic E-state index is 0.571. The van der Waals surface area contributed by atoms with E-state index in [0.717, 1.165) is 16.9 Å². The zero-order valence-corrected chi connectivity index (χ0v) is 11.0. The third-order valence-electron chi connectivity index (χ3n) is 3.04. The highest BCUT2D eigenvalue weighted by Crippen LogP contribution is 2.24. The van der Waals surface area contributed by atoms with Gasteiger partial charge in [-0.25, -0.2) is 4.68 Å². The van der Waals surface area contributed by atoms with E-state index in [9.17, 15) is 0 Å². The van der Waals surface area contributed by atoms with Crippen molar-refractivity contribution in [1.82, 2.24) is 15.0 Å². The van der Waals surface area contributed by atoms with Gasteiger partial charge in [-0.15, -0.1) is 5.10 Å². The van der Waals surface area contributed by atoms with Crippen LogP contribution in [0.25, 0.3) is 16.9 Å². The van der Waals surface area contributed by atoms with Crippen LogP contribution < -0.4 is 10.5 Å². The smallest absolute Gasteiger partial charge is 0.141 e. The van der Waals surface area contributed by atoms with E-state index in [1.165, 1.54) is 0 Å². The molecule has 100 valence electrons. The Balaban J connectivity index is 1.96. The molecule has 5 nitrogen and oxygen atoms in total. The van der Waals surface area contributed by atoms with Crippen molar-refractivity contribution in [3.05, 3.63) is 54.7 Å². The number of hydrogen-bond donors (Lipinski definition) is 1. The molecule has 0 unspecified atom stereocenters. The summed E-state index contributed by atoms with van der Waals surface area (Å²) in [6.07, 6.45) is 1.87. The van der Waals surface area contributed by atoms with Crippen LogP contribution in [0.3, 0.4) is 0 Å². The Morgan fingerprint density at radius 3 is 2.60 bits per heavy atom. The van der Waals surface area contributed by atoms with E-state index in [-0.39, 0.29) is 0 Å². The Kier molecular flexibility index (Phi) is 3.09. The van der Waals surface area contributed by atoms with Crippen molar-refractivity contribution in [3.63, 3.8) is 0 Å². The Labute approximate surface area is 116 Å². The molecule has 2 aromatic carbocycles. The predicted octanol–water partition coefficient (Wildman–Crippen LogP) is 2.53. The molecule has 1 aromatic heterocycles. The van der Waals surface area contributed by atoms with Crippen LogP contribution in [0.2, 0.25) is 0 Å². The lowest BCUT2D eigenvalue weighted by atomic mass is 10.2. The molecule has 20 heavy (non-hydrogen) atoms. The van der Waals surface area contributed by atoms with Crippen molar-refractivity contribution in [1.29, 1.82) is 0 Å². The van der Waals surface area contributed by atoms with Crippen LogP contribution in [0.1, 0.15) is 0 Å². The fourth-order valence-electron chi connectivity index (χ4n) is 2.00. The number of methoxy groups -OCH3 is 1. The van der Waals surface area contributed by atoms with Crippen molar-refractivity contribution < 1.29 is 4.74 Å². The van der Waals surface area contributed by atoms with Crippen molar-refractivity contribution in [2.75, 3.05) is 12.8 Å². The second-order valence-electron chi connectivity index (χ2n) is 4.34. The van der Waals surface area contributed by atoms with Gasteiger partial charge in [0.15, 0.2) is 0 Å². The third-order valence-corrected chi connectivity index (χ3v) is 3.04. The summed E-state index contributed by atoms with van der Waals surface area (Å²) in [7, 11) is 1.59. The normalized spacial score (nSPS) is 10.4. The molecule has 3 rings (SSSR count). The maximum Gasteiger partial charge on any atom is 0.141 e. The third kappa shape index (κ3) is 2.21. The molecule has 0 aliphatic carbocycles.